The first-order chi connectivity index (χ1) is 10.3. The van der Waals surface area contributed by atoms with Gasteiger partial charge in [-0.1, -0.05) is 0 Å². The van der Waals surface area contributed by atoms with Gasteiger partial charge in [-0.25, -0.2) is 4.79 Å². The molecule has 2 aliphatic rings. The Labute approximate surface area is 130 Å². The molecular weight excluding hydrogens is 286 g/mol. The molecule has 0 aromatic rings. The minimum absolute atomic E-state index is 0.0476. The van der Waals surface area contributed by atoms with Gasteiger partial charge in [0, 0.05) is 12.6 Å². The molecule has 2 fully saturated rings. The fourth-order valence-corrected chi connectivity index (χ4v) is 2.37. The van der Waals surface area contributed by atoms with Crippen LogP contribution in [0.25, 0.3) is 0 Å². The normalized spacial score (nSPS) is 21.4. The van der Waals surface area contributed by atoms with E-state index in [0.29, 0.717) is 13.0 Å². The van der Waals surface area contributed by atoms with E-state index in [4.69, 9.17) is 4.74 Å². The summed E-state index contributed by atoms with van der Waals surface area (Å²) in [5, 5.41) is 5.41. The fraction of sp³-hybridized carbons (Fsp3) is 0.800. The lowest BCUT2D eigenvalue weighted by Crippen LogP contribution is -2.49. The average Bonchev–Trinajstić information content (AvgIpc) is 3.06. The lowest BCUT2D eigenvalue weighted by atomic mass is 10.2. The highest BCUT2D eigenvalue weighted by atomic mass is 16.6. The zero-order valence-corrected chi connectivity index (χ0v) is 13.5. The van der Waals surface area contributed by atoms with Crippen molar-refractivity contribution in [3.8, 4) is 0 Å². The third-order valence-electron chi connectivity index (χ3n) is 3.55. The highest BCUT2D eigenvalue weighted by Gasteiger charge is 2.36. The second kappa shape index (κ2) is 6.54. The van der Waals surface area contributed by atoms with E-state index in [2.05, 4.69) is 10.6 Å². The molecule has 0 radical (unpaired) electrons. The van der Waals surface area contributed by atoms with E-state index in [1.54, 1.807) is 20.8 Å². The average molecular weight is 311 g/mol. The SMILES string of the molecule is CC(C)(C)OC(=O)N1CCCC1C(=O)NCC(=O)NC1CC1. The van der Waals surface area contributed by atoms with Crippen LogP contribution in [0.4, 0.5) is 4.79 Å². The Kier molecular flexibility index (Phi) is 4.93. The van der Waals surface area contributed by atoms with Gasteiger partial charge in [0.05, 0.1) is 6.54 Å². The molecule has 1 saturated carbocycles. The van der Waals surface area contributed by atoms with Crippen molar-refractivity contribution in [1.82, 2.24) is 15.5 Å². The van der Waals surface area contributed by atoms with Gasteiger partial charge in [0.2, 0.25) is 11.8 Å². The van der Waals surface area contributed by atoms with Crippen molar-refractivity contribution >= 4 is 17.9 Å². The highest BCUT2D eigenvalue weighted by molar-refractivity contribution is 5.90. The molecular formula is C15H25N3O4. The van der Waals surface area contributed by atoms with Gasteiger partial charge in [-0.2, -0.15) is 0 Å². The monoisotopic (exact) mass is 311 g/mol. The summed E-state index contributed by atoms with van der Waals surface area (Å²) < 4.78 is 5.32. The minimum Gasteiger partial charge on any atom is -0.444 e. The number of ether oxygens (including phenoxy) is 1. The molecule has 2 rings (SSSR count). The number of carbonyl (C=O) groups is 3. The van der Waals surface area contributed by atoms with Crippen LogP contribution in [-0.4, -0.2) is 53.6 Å². The predicted molar refractivity (Wildman–Crippen MR) is 80.1 cm³/mol. The molecule has 0 spiro atoms. The van der Waals surface area contributed by atoms with Crippen molar-refractivity contribution in [1.29, 1.82) is 0 Å². The number of hydrogen-bond donors (Lipinski definition) is 2. The standard InChI is InChI=1S/C15H25N3O4/c1-15(2,3)22-14(21)18-8-4-5-11(18)13(20)16-9-12(19)17-10-6-7-10/h10-11H,4-9H2,1-3H3,(H,16,20)(H,17,19). The first-order valence-corrected chi connectivity index (χ1v) is 7.83. The Hall–Kier alpha value is -1.79. The van der Waals surface area contributed by atoms with Gasteiger partial charge >= 0.3 is 6.09 Å². The van der Waals surface area contributed by atoms with Crippen LogP contribution in [0.3, 0.4) is 0 Å². The van der Waals surface area contributed by atoms with E-state index >= 15 is 0 Å². The number of hydrogen-bond acceptors (Lipinski definition) is 4. The summed E-state index contributed by atoms with van der Waals surface area (Å²) in [4.78, 5) is 37.3. The molecule has 7 heteroatoms. The Morgan fingerprint density at radius 3 is 2.45 bits per heavy atom. The molecule has 2 N–H and O–H groups in total. The molecule has 0 aromatic heterocycles. The summed E-state index contributed by atoms with van der Waals surface area (Å²) in [6.45, 7) is 5.82. The molecule has 1 saturated heterocycles. The Bertz CT molecular complexity index is 454. The summed E-state index contributed by atoms with van der Waals surface area (Å²) in [5.41, 5.74) is -0.592. The van der Waals surface area contributed by atoms with Gasteiger partial charge in [-0.15, -0.1) is 0 Å². The van der Waals surface area contributed by atoms with E-state index in [1.807, 2.05) is 0 Å². The summed E-state index contributed by atoms with van der Waals surface area (Å²) in [7, 11) is 0. The van der Waals surface area contributed by atoms with Crippen LogP contribution in [0.15, 0.2) is 0 Å². The molecule has 1 unspecified atom stereocenters. The Morgan fingerprint density at radius 1 is 1.18 bits per heavy atom. The van der Waals surface area contributed by atoms with Gasteiger partial charge in [0.25, 0.3) is 0 Å². The van der Waals surface area contributed by atoms with Gasteiger partial charge < -0.3 is 15.4 Å². The lowest BCUT2D eigenvalue weighted by Gasteiger charge is -2.28. The highest BCUT2D eigenvalue weighted by Crippen LogP contribution is 2.21. The van der Waals surface area contributed by atoms with Crippen LogP contribution in [-0.2, 0) is 14.3 Å². The van der Waals surface area contributed by atoms with Crippen LogP contribution < -0.4 is 10.6 Å². The number of likely N-dealkylation sites (tertiary alicyclic amines) is 1. The van der Waals surface area contributed by atoms with Crippen molar-refractivity contribution in [2.24, 2.45) is 0 Å². The van der Waals surface area contributed by atoms with Crippen LogP contribution in [0.2, 0.25) is 0 Å². The van der Waals surface area contributed by atoms with E-state index in [1.165, 1.54) is 4.90 Å². The van der Waals surface area contributed by atoms with Crippen molar-refractivity contribution in [2.45, 2.75) is 64.1 Å². The third kappa shape index (κ3) is 4.89. The summed E-state index contributed by atoms with van der Waals surface area (Å²) in [6.07, 6.45) is 2.89. The van der Waals surface area contributed by atoms with Crippen molar-refractivity contribution in [3.63, 3.8) is 0 Å². The van der Waals surface area contributed by atoms with Crippen molar-refractivity contribution < 1.29 is 19.1 Å². The number of rotatable bonds is 4. The number of nitrogens with zero attached hydrogens (tertiary/aromatic N) is 1. The van der Waals surface area contributed by atoms with E-state index < -0.39 is 17.7 Å². The molecule has 1 aliphatic heterocycles. The van der Waals surface area contributed by atoms with Gasteiger partial charge in [-0.05, 0) is 46.5 Å². The second-order valence-corrected chi connectivity index (χ2v) is 6.89. The third-order valence-corrected chi connectivity index (χ3v) is 3.55. The van der Waals surface area contributed by atoms with Crippen molar-refractivity contribution in [3.05, 3.63) is 0 Å². The van der Waals surface area contributed by atoms with Crippen LogP contribution in [0.5, 0.6) is 0 Å². The largest absolute Gasteiger partial charge is 0.444 e. The van der Waals surface area contributed by atoms with Crippen LogP contribution >= 0.6 is 0 Å². The summed E-state index contributed by atoms with van der Waals surface area (Å²) in [6, 6.07) is -0.280. The predicted octanol–water partition coefficient (Wildman–Crippen LogP) is 0.781. The molecule has 1 aliphatic carbocycles. The fourth-order valence-electron chi connectivity index (χ4n) is 2.37. The smallest absolute Gasteiger partial charge is 0.410 e. The molecule has 7 nitrogen and oxygen atoms in total. The number of nitrogens with one attached hydrogen (secondary N) is 2. The van der Waals surface area contributed by atoms with Gasteiger partial charge in [-0.3, -0.25) is 14.5 Å². The Morgan fingerprint density at radius 2 is 1.86 bits per heavy atom. The van der Waals surface area contributed by atoms with E-state index in [9.17, 15) is 14.4 Å². The number of carbonyl (C=O) groups excluding carboxylic acids is 3. The topological polar surface area (TPSA) is 87.7 Å². The molecule has 3 amide bonds. The van der Waals surface area contributed by atoms with Crippen molar-refractivity contribution in [2.75, 3.05) is 13.1 Å². The second-order valence-electron chi connectivity index (χ2n) is 6.89. The zero-order chi connectivity index (χ0) is 16.3. The molecule has 0 aromatic carbocycles. The minimum atomic E-state index is -0.592. The maximum absolute atomic E-state index is 12.2. The summed E-state index contributed by atoms with van der Waals surface area (Å²) in [5.74, 6) is -0.480. The molecule has 0 bridgehead atoms. The summed E-state index contributed by atoms with van der Waals surface area (Å²) >= 11 is 0. The Balaban J connectivity index is 1.82. The molecule has 1 heterocycles. The van der Waals surface area contributed by atoms with Gasteiger partial charge in [0.1, 0.15) is 11.6 Å². The van der Waals surface area contributed by atoms with Crippen LogP contribution in [0.1, 0.15) is 46.5 Å². The molecule has 1 atom stereocenters. The maximum Gasteiger partial charge on any atom is 0.410 e. The first-order valence-electron chi connectivity index (χ1n) is 7.83. The lowest BCUT2D eigenvalue weighted by molar-refractivity contribution is -0.128. The van der Waals surface area contributed by atoms with Crippen LogP contribution in [0, 0.1) is 0 Å². The van der Waals surface area contributed by atoms with Gasteiger partial charge in [0.15, 0.2) is 0 Å². The van der Waals surface area contributed by atoms with E-state index in [-0.39, 0.29) is 24.4 Å². The quantitative estimate of drug-likeness (QED) is 0.803. The maximum atomic E-state index is 12.2. The molecule has 22 heavy (non-hydrogen) atoms. The van der Waals surface area contributed by atoms with E-state index in [0.717, 1.165) is 19.3 Å². The zero-order valence-electron chi connectivity index (χ0n) is 13.5. The molecule has 124 valence electrons. The number of amides is 3. The first kappa shape index (κ1) is 16.6.